The molecule has 0 bridgehead atoms. The number of rotatable bonds is 7. The number of ether oxygens (including phenoxy) is 2. The molecule has 0 aliphatic heterocycles. The molecule has 4 nitrogen and oxygen atoms in total. The van der Waals surface area contributed by atoms with Crippen LogP contribution in [0.4, 0.5) is 0 Å². The quantitative estimate of drug-likeness (QED) is 0.607. The van der Waals surface area contributed by atoms with Gasteiger partial charge in [-0.1, -0.05) is 6.07 Å². The average Bonchev–Trinajstić information content (AvgIpc) is 2.37. The molecule has 1 unspecified atom stereocenters. The molecule has 1 atom stereocenters. The maximum Gasteiger partial charge on any atom is 0.308 e. The number of aliphatic hydroxyl groups excluding tert-OH is 1. The first kappa shape index (κ1) is 14.9. The zero-order valence-corrected chi connectivity index (χ0v) is 11.4. The van der Waals surface area contributed by atoms with Crippen molar-refractivity contribution < 1.29 is 19.4 Å². The van der Waals surface area contributed by atoms with E-state index in [0.717, 1.165) is 10.6 Å². The molecule has 0 amide bonds. The molecule has 5 heteroatoms. The van der Waals surface area contributed by atoms with E-state index in [-0.39, 0.29) is 12.4 Å². The Balaban J connectivity index is 2.37. The van der Waals surface area contributed by atoms with Crippen LogP contribution in [0.2, 0.25) is 0 Å². The molecule has 1 rings (SSSR count). The molecular formula is C13H18O4S. The summed E-state index contributed by atoms with van der Waals surface area (Å²) in [5.41, 5.74) is 0. The van der Waals surface area contributed by atoms with Crippen molar-refractivity contribution in [3.63, 3.8) is 0 Å². The van der Waals surface area contributed by atoms with Gasteiger partial charge in [-0.15, -0.1) is 11.8 Å². The summed E-state index contributed by atoms with van der Waals surface area (Å²) in [5.74, 6) is 0.863. The number of carbonyl (C=O) groups excluding carboxylic acids is 1. The smallest absolute Gasteiger partial charge is 0.308 e. The van der Waals surface area contributed by atoms with Gasteiger partial charge < -0.3 is 14.6 Å². The molecule has 100 valence electrons. The molecule has 1 aromatic rings. The Hall–Kier alpha value is -1.20. The van der Waals surface area contributed by atoms with Crippen LogP contribution in [0, 0.1) is 0 Å². The largest absolute Gasteiger partial charge is 0.497 e. The van der Waals surface area contributed by atoms with E-state index in [0.29, 0.717) is 12.4 Å². The minimum Gasteiger partial charge on any atom is -0.497 e. The summed E-state index contributed by atoms with van der Waals surface area (Å²) < 4.78 is 9.88. The first-order chi connectivity index (χ1) is 8.65. The van der Waals surface area contributed by atoms with Crippen LogP contribution in [0.5, 0.6) is 5.75 Å². The number of thioether (sulfide) groups is 1. The fourth-order valence-corrected chi connectivity index (χ4v) is 2.23. The van der Waals surface area contributed by atoms with Crippen molar-refractivity contribution in [3.8, 4) is 5.75 Å². The Kier molecular flexibility index (Phi) is 6.60. The fraction of sp³-hybridized carbons (Fsp3) is 0.462. The van der Waals surface area contributed by atoms with Crippen LogP contribution in [-0.2, 0) is 9.53 Å². The summed E-state index contributed by atoms with van der Waals surface area (Å²) in [5, 5.41) is 9.68. The summed E-state index contributed by atoms with van der Waals surface area (Å²) in [7, 11) is 1.61. The molecule has 0 fully saturated rings. The monoisotopic (exact) mass is 270 g/mol. The van der Waals surface area contributed by atoms with Crippen molar-refractivity contribution in [3.05, 3.63) is 24.3 Å². The van der Waals surface area contributed by atoms with Gasteiger partial charge in [0, 0.05) is 10.6 Å². The van der Waals surface area contributed by atoms with Crippen LogP contribution >= 0.6 is 11.8 Å². The third-order valence-corrected chi connectivity index (χ3v) is 3.33. The summed E-state index contributed by atoms with van der Waals surface area (Å²) in [6, 6.07) is 7.57. The number of hydrogen-bond donors (Lipinski definition) is 1. The third kappa shape index (κ3) is 5.42. The normalized spacial score (nSPS) is 11.9. The number of esters is 1. The highest BCUT2D eigenvalue weighted by atomic mass is 32.2. The topological polar surface area (TPSA) is 55.8 Å². The highest BCUT2D eigenvalue weighted by molar-refractivity contribution is 7.99. The van der Waals surface area contributed by atoms with Gasteiger partial charge in [-0.05, 0) is 25.1 Å². The SMILES string of the molecule is CCOC(=O)CC(O)CSc1cccc(OC)c1. The van der Waals surface area contributed by atoms with Gasteiger partial charge in [0.2, 0.25) is 0 Å². The van der Waals surface area contributed by atoms with E-state index >= 15 is 0 Å². The minimum atomic E-state index is -0.694. The lowest BCUT2D eigenvalue weighted by Gasteiger charge is -2.10. The number of aliphatic hydroxyl groups is 1. The molecule has 0 aliphatic rings. The number of carbonyl (C=O) groups is 1. The van der Waals surface area contributed by atoms with Gasteiger partial charge in [0.15, 0.2) is 0 Å². The van der Waals surface area contributed by atoms with E-state index in [1.165, 1.54) is 11.8 Å². The molecule has 1 N–H and O–H groups in total. The Bertz CT molecular complexity index is 381. The average molecular weight is 270 g/mol. The van der Waals surface area contributed by atoms with Crippen LogP contribution in [-0.4, -0.2) is 36.6 Å². The first-order valence-electron chi connectivity index (χ1n) is 5.76. The third-order valence-electron chi connectivity index (χ3n) is 2.19. The molecular weight excluding hydrogens is 252 g/mol. The van der Waals surface area contributed by atoms with E-state index in [2.05, 4.69) is 0 Å². The van der Waals surface area contributed by atoms with Crippen molar-refractivity contribution in [2.45, 2.75) is 24.3 Å². The van der Waals surface area contributed by atoms with E-state index < -0.39 is 6.10 Å². The number of hydrogen-bond acceptors (Lipinski definition) is 5. The maximum atomic E-state index is 11.2. The van der Waals surface area contributed by atoms with Crippen LogP contribution in [0.25, 0.3) is 0 Å². The molecule has 0 saturated carbocycles. The van der Waals surface area contributed by atoms with E-state index in [1.807, 2.05) is 24.3 Å². The van der Waals surface area contributed by atoms with Gasteiger partial charge in [0.1, 0.15) is 5.75 Å². The standard InChI is InChI=1S/C13H18O4S/c1-3-17-13(15)7-10(14)9-18-12-6-4-5-11(8-12)16-2/h4-6,8,10,14H,3,7,9H2,1-2H3. The fourth-order valence-electron chi connectivity index (χ4n) is 1.35. The minimum absolute atomic E-state index is 0.0325. The van der Waals surface area contributed by atoms with Gasteiger partial charge in [0.25, 0.3) is 0 Å². The van der Waals surface area contributed by atoms with Crippen LogP contribution < -0.4 is 4.74 Å². The van der Waals surface area contributed by atoms with E-state index in [4.69, 9.17) is 9.47 Å². The van der Waals surface area contributed by atoms with Gasteiger partial charge in [-0.3, -0.25) is 4.79 Å². The van der Waals surface area contributed by atoms with Gasteiger partial charge in [-0.2, -0.15) is 0 Å². The molecule has 18 heavy (non-hydrogen) atoms. The van der Waals surface area contributed by atoms with Crippen LogP contribution in [0.3, 0.4) is 0 Å². The lowest BCUT2D eigenvalue weighted by atomic mass is 10.3. The van der Waals surface area contributed by atoms with Crippen molar-refractivity contribution in [2.24, 2.45) is 0 Å². The first-order valence-corrected chi connectivity index (χ1v) is 6.74. The second-order valence-electron chi connectivity index (χ2n) is 3.65. The highest BCUT2D eigenvalue weighted by Crippen LogP contribution is 2.23. The summed E-state index contributed by atoms with van der Waals surface area (Å²) in [6.45, 7) is 2.09. The second-order valence-corrected chi connectivity index (χ2v) is 4.75. The van der Waals surface area contributed by atoms with Crippen LogP contribution in [0.15, 0.2) is 29.2 Å². The van der Waals surface area contributed by atoms with Crippen molar-refractivity contribution >= 4 is 17.7 Å². The molecule has 0 heterocycles. The Morgan fingerprint density at radius 2 is 2.28 bits per heavy atom. The zero-order chi connectivity index (χ0) is 13.4. The molecule has 0 radical (unpaired) electrons. The number of methoxy groups -OCH3 is 1. The van der Waals surface area contributed by atoms with Crippen LogP contribution in [0.1, 0.15) is 13.3 Å². The molecule has 0 aromatic heterocycles. The predicted molar refractivity (Wildman–Crippen MR) is 71.0 cm³/mol. The summed E-state index contributed by atoms with van der Waals surface area (Å²) in [4.78, 5) is 12.2. The molecule has 0 aliphatic carbocycles. The van der Waals surface area contributed by atoms with Crippen molar-refractivity contribution in [2.75, 3.05) is 19.5 Å². The summed E-state index contributed by atoms with van der Waals surface area (Å²) in [6.07, 6.45) is -0.662. The zero-order valence-electron chi connectivity index (χ0n) is 10.6. The summed E-state index contributed by atoms with van der Waals surface area (Å²) >= 11 is 1.48. The van der Waals surface area contributed by atoms with Gasteiger partial charge in [-0.25, -0.2) is 0 Å². The number of benzene rings is 1. The second kappa shape index (κ2) is 8.00. The maximum absolute atomic E-state index is 11.2. The van der Waals surface area contributed by atoms with Crippen molar-refractivity contribution in [1.82, 2.24) is 0 Å². The van der Waals surface area contributed by atoms with E-state index in [1.54, 1.807) is 14.0 Å². The highest BCUT2D eigenvalue weighted by Gasteiger charge is 2.12. The van der Waals surface area contributed by atoms with E-state index in [9.17, 15) is 9.90 Å². The Labute approximate surface area is 111 Å². The lowest BCUT2D eigenvalue weighted by molar-refractivity contribution is -0.144. The van der Waals surface area contributed by atoms with Crippen molar-refractivity contribution in [1.29, 1.82) is 0 Å². The lowest BCUT2D eigenvalue weighted by Crippen LogP contribution is -2.17. The Morgan fingerprint density at radius 3 is 2.94 bits per heavy atom. The van der Waals surface area contributed by atoms with Gasteiger partial charge >= 0.3 is 5.97 Å². The molecule has 0 spiro atoms. The predicted octanol–water partition coefficient (Wildman–Crippen LogP) is 2.10. The molecule has 1 aromatic carbocycles. The Morgan fingerprint density at radius 1 is 1.50 bits per heavy atom. The molecule has 0 saturated heterocycles. The van der Waals surface area contributed by atoms with Gasteiger partial charge in [0.05, 0.1) is 26.2 Å².